The first-order chi connectivity index (χ1) is 19.7. The van der Waals surface area contributed by atoms with Gasteiger partial charge < -0.3 is 19.1 Å². The van der Waals surface area contributed by atoms with Crippen molar-refractivity contribution < 1.29 is 18.6 Å². The molecule has 0 atom stereocenters. The number of carbonyl (C=O) groups excluding carboxylic acids is 1. The van der Waals surface area contributed by atoms with Crippen LogP contribution in [0.3, 0.4) is 0 Å². The number of aromatic nitrogens is 4. The second kappa shape index (κ2) is 10.0. The van der Waals surface area contributed by atoms with Gasteiger partial charge in [-0.1, -0.05) is 37.2 Å². The van der Waals surface area contributed by atoms with Crippen LogP contribution >= 0.6 is 0 Å². The summed E-state index contributed by atoms with van der Waals surface area (Å²) < 4.78 is 17.2. The van der Waals surface area contributed by atoms with Crippen LogP contribution in [-0.4, -0.2) is 39.4 Å². The first kappa shape index (κ1) is 26.8. The molecule has 4 aliphatic carbocycles. The van der Waals surface area contributed by atoms with Gasteiger partial charge in [0.2, 0.25) is 11.8 Å². The Morgan fingerprint density at radius 3 is 2.34 bits per heavy atom. The van der Waals surface area contributed by atoms with Crippen molar-refractivity contribution in [3.63, 3.8) is 0 Å². The van der Waals surface area contributed by atoms with Crippen LogP contribution in [0.25, 0.3) is 11.5 Å². The van der Waals surface area contributed by atoms with Crippen LogP contribution in [0.15, 0.2) is 27.2 Å². The first-order valence-electron chi connectivity index (χ1n) is 15.4. The molecule has 41 heavy (non-hydrogen) atoms. The van der Waals surface area contributed by atoms with E-state index >= 15 is 0 Å². The van der Waals surface area contributed by atoms with Crippen molar-refractivity contribution >= 4 is 11.6 Å². The third-order valence-electron chi connectivity index (χ3n) is 10.1. The Kier molecular flexibility index (Phi) is 6.56. The molecule has 2 aromatic heterocycles. The Balaban J connectivity index is 1.17. The molecule has 2 bridgehead atoms. The SMILES string of the molecule is CC(C)(C)c1noc(C23CCC(Cc4c(NC(=O)C5CCOCC5)cccc4-c4nc(C5CC5)no4)(CC2)CC3)n1. The Bertz CT molecular complexity index is 1400. The van der Waals surface area contributed by atoms with Gasteiger partial charge in [-0.05, 0) is 93.7 Å². The maximum atomic E-state index is 13.3. The fourth-order valence-corrected chi connectivity index (χ4v) is 7.11. The van der Waals surface area contributed by atoms with Gasteiger partial charge in [0.25, 0.3) is 5.89 Å². The van der Waals surface area contributed by atoms with Gasteiger partial charge in [-0.25, -0.2) is 0 Å². The summed E-state index contributed by atoms with van der Waals surface area (Å²) in [5.41, 5.74) is 2.91. The van der Waals surface area contributed by atoms with Crippen molar-refractivity contribution in [2.45, 2.75) is 108 Å². The predicted molar refractivity (Wildman–Crippen MR) is 152 cm³/mol. The molecule has 0 unspecified atom stereocenters. The van der Waals surface area contributed by atoms with Crippen molar-refractivity contribution in [3.05, 3.63) is 41.3 Å². The molecule has 1 aromatic carbocycles. The van der Waals surface area contributed by atoms with Crippen molar-refractivity contribution in [1.82, 2.24) is 20.3 Å². The van der Waals surface area contributed by atoms with Gasteiger partial charge >= 0.3 is 0 Å². The van der Waals surface area contributed by atoms with Crippen molar-refractivity contribution in [3.8, 4) is 11.5 Å². The van der Waals surface area contributed by atoms with E-state index < -0.39 is 0 Å². The monoisotopic (exact) mass is 559 g/mol. The van der Waals surface area contributed by atoms with E-state index in [-0.39, 0.29) is 28.1 Å². The number of hydrogen-bond acceptors (Lipinski definition) is 8. The van der Waals surface area contributed by atoms with E-state index in [0.717, 1.165) is 105 Å². The van der Waals surface area contributed by atoms with Gasteiger partial charge in [0.15, 0.2) is 11.6 Å². The summed E-state index contributed by atoms with van der Waals surface area (Å²) in [6.07, 6.45) is 11.0. The van der Waals surface area contributed by atoms with Crippen LogP contribution in [0.1, 0.15) is 114 Å². The van der Waals surface area contributed by atoms with Gasteiger partial charge in [-0.3, -0.25) is 4.79 Å². The van der Waals surface area contributed by atoms with Crippen LogP contribution in [0.5, 0.6) is 0 Å². The minimum Gasteiger partial charge on any atom is -0.381 e. The molecule has 0 spiro atoms. The molecule has 4 saturated carbocycles. The number of fused-ring (bicyclic) bond motifs is 3. The zero-order valence-corrected chi connectivity index (χ0v) is 24.5. The molecule has 1 amide bonds. The maximum absolute atomic E-state index is 13.3. The molecule has 3 aromatic rings. The lowest BCUT2D eigenvalue weighted by atomic mass is 9.52. The van der Waals surface area contributed by atoms with Crippen LogP contribution in [0, 0.1) is 11.3 Å². The van der Waals surface area contributed by atoms with Crippen molar-refractivity contribution in [2.24, 2.45) is 11.3 Å². The number of rotatable bonds is 7. The Morgan fingerprint density at radius 1 is 0.951 bits per heavy atom. The predicted octanol–water partition coefficient (Wildman–Crippen LogP) is 6.49. The lowest BCUT2D eigenvalue weighted by molar-refractivity contribution is -0.122. The van der Waals surface area contributed by atoms with Gasteiger partial charge in [-0.15, -0.1) is 0 Å². The Labute approximate surface area is 241 Å². The lowest BCUT2D eigenvalue weighted by Crippen LogP contribution is -2.45. The lowest BCUT2D eigenvalue weighted by Gasteiger charge is -2.52. The van der Waals surface area contributed by atoms with E-state index in [2.05, 4.69) is 42.5 Å². The van der Waals surface area contributed by atoms with Crippen LogP contribution in [0.2, 0.25) is 0 Å². The standard InChI is InChI=1S/C32H41N5O4/c1-30(2,3)28-35-29(41-37-28)32-14-11-31(12-15-32,13-16-32)19-23-22(27-34-25(36-40-27)20-7-8-20)5-4-6-24(23)33-26(38)21-9-17-39-18-10-21/h4-6,20-21H,7-19H2,1-3H3,(H,33,38). The molecule has 1 aliphatic heterocycles. The van der Waals surface area contributed by atoms with Gasteiger partial charge in [0.1, 0.15) is 0 Å². The molecule has 5 fully saturated rings. The van der Waals surface area contributed by atoms with E-state index in [0.29, 0.717) is 25.0 Å². The molecule has 9 nitrogen and oxygen atoms in total. The van der Waals surface area contributed by atoms with Crippen LogP contribution < -0.4 is 5.32 Å². The third-order valence-corrected chi connectivity index (χ3v) is 10.1. The fraction of sp³-hybridized carbons (Fsp3) is 0.656. The average molecular weight is 560 g/mol. The quantitative estimate of drug-likeness (QED) is 0.349. The number of nitrogens with zero attached hydrogens (tertiary/aromatic N) is 4. The highest BCUT2D eigenvalue weighted by Gasteiger charge is 2.52. The zero-order valence-electron chi connectivity index (χ0n) is 24.5. The second-order valence-corrected chi connectivity index (χ2v) is 14.1. The summed E-state index contributed by atoms with van der Waals surface area (Å²) in [5.74, 6) is 3.43. The number of nitrogens with one attached hydrogen (secondary N) is 1. The number of anilines is 1. The molecule has 218 valence electrons. The molecule has 9 heteroatoms. The Hall–Kier alpha value is -3.07. The van der Waals surface area contributed by atoms with Crippen LogP contribution in [-0.2, 0) is 26.8 Å². The van der Waals surface area contributed by atoms with Gasteiger partial charge in [0.05, 0.1) is 0 Å². The van der Waals surface area contributed by atoms with Gasteiger partial charge in [0, 0.05) is 47.1 Å². The molecule has 1 N–H and O–H groups in total. The normalized spacial score (nSPS) is 26.8. The minimum absolute atomic E-state index is 0.0243. The largest absolute Gasteiger partial charge is 0.381 e. The summed E-state index contributed by atoms with van der Waals surface area (Å²) >= 11 is 0. The fourth-order valence-electron chi connectivity index (χ4n) is 7.11. The number of amides is 1. The van der Waals surface area contributed by atoms with Crippen molar-refractivity contribution in [1.29, 1.82) is 0 Å². The molecule has 1 saturated heterocycles. The summed E-state index contributed by atoms with van der Waals surface area (Å²) in [6.45, 7) is 7.65. The number of ether oxygens (including phenoxy) is 1. The summed E-state index contributed by atoms with van der Waals surface area (Å²) in [7, 11) is 0. The highest BCUT2D eigenvalue weighted by atomic mass is 16.5. The molecular formula is C32H41N5O4. The number of benzene rings is 1. The van der Waals surface area contributed by atoms with E-state index in [1.54, 1.807) is 0 Å². The highest BCUT2D eigenvalue weighted by Crippen LogP contribution is 2.59. The van der Waals surface area contributed by atoms with E-state index in [4.69, 9.17) is 23.8 Å². The molecule has 0 radical (unpaired) electrons. The summed E-state index contributed by atoms with van der Waals surface area (Å²) in [5, 5.41) is 12.0. The minimum atomic E-state index is -0.130. The van der Waals surface area contributed by atoms with Crippen LogP contribution in [0.4, 0.5) is 5.69 Å². The molecule has 3 heterocycles. The van der Waals surface area contributed by atoms with Crippen molar-refractivity contribution in [2.75, 3.05) is 18.5 Å². The van der Waals surface area contributed by atoms with Gasteiger partial charge in [-0.2, -0.15) is 9.97 Å². The van der Waals surface area contributed by atoms with E-state index in [1.807, 2.05) is 12.1 Å². The maximum Gasteiger partial charge on any atom is 0.258 e. The average Bonchev–Trinajstić information content (AvgIpc) is 3.48. The smallest absolute Gasteiger partial charge is 0.258 e. The number of hydrogen-bond donors (Lipinski definition) is 1. The third kappa shape index (κ3) is 5.11. The highest BCUT2D eigenvalue weighted by molar-refractivity contribution is 5.94. The molecule has 5 aliphatic rings. The second-order valence-electron chi connectivity index (χ2n) is 14.1. The molecular weight excluding hydrogens is 518 g/mol. The van der Waals surface area contributed by atoms with E-state index in [1.165, 1.54) is 0 Å². The van der Waals surface area contributed by atoms with E-state index in [9.17, 15) is 4.79 Å². The number of carbonyl (C=O) groups is 1. The topological polar surface area (TPSA) is 116 Å². The summed E-state index contributed by atoms with van der Waals surface area (Å²) in [4.78, 5) is 23.0. The molecule has 8 rings (SSSR count). The summed E-state index contributed by atoms with van der Waals surface area (Å²) in [6, 6.07) is 6.10. The first-order valence-corrected chi connectivity index (χ1v) is 15.4. The zero-order chi connectivity index (χ0) is 28.2. The Morgan fingerprint density at radius 2 is 1.68 bits per heavy atom.